The van der Waals surface area contributed by atoms with Crippen molar-refractivity contribution in [3.05, 3.63) is 47.8 Å². The van der Waals surface area contributed by atoms with Gasteiger partial charge >= 0.3 is 0 Å². The number of rotatable bonds is 2. The first kappa shape index (κ1) is 11.5. The van der Waals surface area contributed by atoms with Crippen LogP contribution in [0.3, 0.4) is 0 Å². The van der Waals surface area contributed by atoms with Crippen LogP contribution in [0.5, 0.6) is 0 Å². The van der Waals surface area contributed by atoms with E-state index in [4.69, 9.17) is 0 Å². The molecule has 1 aliphatic heterocycles. The van der Waals surface area contributed by atoms with Crippen molar-refractivity contribution in [1.82, 2.24) is 15.1 Å². The summed E-state index contributed by atoms with van der Waals surface area (Å²) in [6, 6.07) is 9.27. The molecule has 3 rings (SSSR count). The third kappa shape index (κ3) is 2.31. The van der Waals surface area contributed by atoms with Gasteiger partial charge in [0.15, 0.2) is 0 Å². The maximum absolute atomic E-state index is 4.33. The topological polar surface area (TPSA) is 29.9 Å². The fourth-order valence-corrected chi connectivity index (χ4v) is 2.55. The Morgan fingerprint density at radius 3 is 2.67 bits per heavy atom. The zero-order valence-corrected chi connectivity index (χ0v) is 10.8. The van der Waals surface area contributed by atoms with Gasteiger partial charge in [0.05, 0.1) is 11.9 Å². The van der Waals surface area contributed by atoms with Gasteiger partial charge in [0, 0.05) is 12.2 Å². The van der Waals surface area contributed by atoms with Crippen LogP contribution in [0, 0.1) is 6.92 Å². The van der Waals surface area contributed by atoms with Crippen molar-refractivity contribution in [3.8, 4) is 5.69 Å². The highest BCUT2D eigenvalue weighted by atomic mass is 15.3. The van der Waals surface area contributed by atoms with Crippen LogP contribution in [0.1, 0.15) is 36.4 Å². The van der Waals surface area contributed by atoms with Crippen LogP contribution in [0.25, 0.3) is 5.69 Å². The summed E-state index contributed by atoms with van der Waals surface area (Å²) in [6.45, 7) is 3.20. The Hall–Kier alpha value is -1.61. The van der Waals surface area contributed by atoms with Gasteiger partial charge in [-0.1, -0.05) is 18.6 Å². The van der Waals surface area contributed by atoms with Crippen molar-refractivity contribution in [2.24, 2.45) is 0 Å². The number of hydrogen-bond acceptors (Lipinski definition) is 2. The molecule has 1 saturated heterocycles. The zero-order chi connectivity index (χ0) is 12.4. The van der Waals surface area contributed by atoms with Crippen molar-refractivity contribution in [3.63, 3.8) is 0 Å². The van der Waals surface area contributed by atoms with E-state index in [0.29, 0.717) is 6.04 Å². The van der Waals surface area contributed by atoms with E-state index in [1.54, 1.807) is 0 Å². The fourth-order valence-electron chi connectivity index (χ4n) is 2.55. The van der Waals surface area contributed by atoms with E-state index in [1.807, 2.05) is 17.1 Å². The summed E-state index contributed by atoms with van der Waals surface area (Å²) in [5, 5.41) is 7.91. The highest BCUT2D eigenvalue weighted by molar-refractivity contribution is 5.35. The van der Waals surface area contributed by atoms with E-state index < -0.39 is 0 Å². The first-order chi connectivity index (χ1) is 8.83. The van der Waals surface area contributed by atoms with E-state index in [2.05, 4.69) is 41.6 Å². The summed E-state index contributed by atoms with van der Waals surface area (Å²) in [5.41, 5.74) is 3.71. The number of aromatic nitrogens is 2. The molecule has 1 N–H and O–H groups in total. The first-order valence-corrected chi connectivity index (χ1v) is 6.68. The van der Waals surface area contributed by atoms with Crippen molar-refractivity contribution in [2.75, 3.05) is 6.54 Å². The lowest BCUT2D eigenvalue weighted by molar-refractivity contribution is 0.412. The molecule has 3 heteroatoms. The Bertz CT molecular complexity index is 507. The summed E-state index contributed by atoms with van der Waals surface area (Å²) < 4.78 is 1.92. The summed E-state index contributed by atoms with van der Waals surface area (Å²) in [6.07, 6.45) is 7.82. The lowest BCUT2D eigenvalue weighted by Gasteiger charge is -2.23. The molecule has 2 aromatic rings. The highest BCUT2D eigenvalue weighted by Crippen LogP contribution is 2.23. The molecule has 1 aromatic heterocycles. The van der Waals surface area contributed by atoms with E-state index in [9.17, 15) is 0 Å². The second-order valence-corrected chi connectivity index (χ2v) is 5.06. The molecule has 1 unspecified atom stereocenters. The average molecular weight is 241 g/mol. The predicted molar refractivity (Wildman–Crippen MR) is 72.9 cm³/mol. The van der Waals surface area contributed by atoms with E-state index in [1.165, 1.54) is 30.4 Å². The predicted octanol–water partition coefficient (Wildman–Crippen LogP) is 3.00. The minimum Gasteiger partial charge on any atom is -0.310 e. The van der Waals surface area contributed by atoms with Gasteiger partial charge in [0.2, 0.25) is 0 Å². The third-order valence-electron chi connectivity index (χ3n) is 3.58. The van der Waals surface area contributed by atoms with Crippen molar-refractivity contribution >= 4 is 0 Å². The Balaban J connectivity index is 1.80. The SMILES string of the molecule is Cc1cnn(-c2ccc(C3CCCCN3)cc2)c1. The average Bonchev–Trinajstić information content (AvgIpc) is 2.87. The Labute approximate surface area is 108 Å². The van der Waals surface area contributed by atoms with Crippen LogP contribution in [0.4, 0.5) is 0 Å². The van der Waals surface area contributed by atoms with Crippen LogP contribution in [0.2, 0.25) is 0 Å². The Morgan fingerprint density at radius 2 is 2.06 bits per heavy atom. The molecule has 0 radical (unpaired) electrons. The van der Waals surface area contributed by atoms with Crippen LogP contribution in [-0.2, 0) is 0 Å². The molecule has 1 fully saturated rings. The maximum atomic E-state index is 4.33. The fraction of sp³-hybridized carbons (Fsp3) is 0.400. The minimum atomic E-state index is 0.534. The molecule has 0 saturated carbocycles. The lowest BCUT2D eigenvalue weighted by Crippen LogP contribution is -2.26. The van der Waals surface area contributed by atoms with E-state index in [0.717, 1.165) is 12.2 Å². The Morgan fingerprint density at radius 1 is 1.22 bits per heavy atom. The molecule has 1 atom stereocenters. The lowest BCUT2D eigenvalue weighted by atomic mass is 9.97. The second kappa shape index (κ2) is 4.94. The molecule has 94 valence electrons. The smallest absolute Gasteiger partial charge is 0.0645 e. The van der Waals surface area contributed by atoms with E-state index >= 15 is 0 Å². The number of piperidine rings is 1. The molecule has 0 bridgehead atoms. The first-order valence-electron chi connectivity index (χ1n) is 6.68. The summed E-state index contributed by atoms with van der Waals surface area (Å²) in [5.74, 6) is 0. The van der Waals surface area contributed by atoms with Crippen LogP contribution < -0.4 is 5.32 Å². The van der Waals surface area contributed by atoms with Gasteiger partial charge < -0.3 is 5.32 Å². The van der Waals surface area contributed by atoms with Gasteiger partial charge in [-0.3, -0.25) is 0 Å². The number of nitrogens with zero attached hydrogens (tertiary/aromatic N) is 2. The zero-order valence-electron chi connectivity index (χ0n) is 10.8. The minimum absolute atomic E-state index is 0.534. The molecule has 18 heavy (non-hydrogen) atoms. The van der Waals surface area contributed by atoms with Gasteiger partial charge in [-0.15, -0.1) is 0 Å². The molecule has 2 heterocycles. The molecule has 0 amide bonds. The van der Waals surface area contributed by atoms with Gasteiger partial charge in [0.1, 0.15) is 0 Å². The quantitative estimate of drug-likeness (QED) is 0.876. The number of aryl methyl sites for hydroxylation is 1. The molecular weight excluding hydrogens is 222 g/mol. The third-order valence-corrected chi connectivity index (χ3v) is 3.58. The molecule has 1 aliphatic rings. The number of hydrogen-bond donors (Lipinski definition) is 1. The summed E-state index contributed by atoms with van der Waals surface area (Å²) in [4.78, 5) is 0. The van der Waals surface area contributed by atoms with Crippen molar-refractivity contribution in [2.45, 2.75) is 32.2 Å². The van der Waals surface area contributed by atoms with Crippen molar-refractivity contribution in [1.29, 1.82) is 0 Å². The molecule has 1 aromatic carbocycles. The highest BCUT2D eigenvalue weighted by Gasteiger charge is 2.14. The largest absolute Gasteiger partial charge is 0.310 e. The molecule has 0 aliphatic carbocycles. The van der Waals surface area contributed by atoms with Gasteiger partial charge in [0.25, 0.3) is 0 Å². The maximum Gasteiger partial charge on any atom is 0.0645 e. The molecule has 0 spiro atoms. The second-order valence-electron chi connectivity index (χ2n) is 5.06. The standard InChI is InChI=1S/C15H19N3/c1-12-10-17-18(11-12)14-7-5-13(6-8-14)15-4-2-3-9-16-15/h5-8,10-11,15-16H,2-4,9H2,1H3. The Kier molecular flexibility index (Phi) is 3.15. The van der Waals surface area contributed by atoms with E-state index in [-0.39, 0.29) is 0 Å². The molecular formula is C15H19N3. The normalized spacial score (nSPS) is 19.9. The van der Waals surface area contributed by atoms with Gasteiger partial charge in [-0.05, 0) is 49.6 Å². The summed E-state index contributed by atoms with van der Waals surface area (Å²) >= 11 is 0. The monoisotopic (exact) mass is 241 g/mol. The van der Waals surface area contributed by atoms with Crippen LogP contribution >= 0.6 is 0 Å². The number of nitrogens with one attached hydrogen (secondary N) is 1. The molecule has 3 nitrogen and oxygen atoms in total. The van der Waals surface area contributed by atoms with Crippen molar-refractivity contribution < 1.29 is 0 Å². The summed E-state index contributed by atoms with van der Waals surface area (Å²) in [7, 11) is 0. The van der Waals surface area contributed by atoms with Gasteiger partial charge in [-0.2, -0.15) is 5.10 Å². The van der Waals surface area contributed by atoms with Crippen LogP contribution in [0.15, 0.2) is 36.7 Å². The van der Waals surface area contributed by atoms with Gasteiger partial charge in [-0.25, -0.2) is 4.68 Å². The number of benzene rings is 1. The van der Waals surface area contributed by atoms with Crippen LogP contribution in [-0.4, -0.2) is 16.3 Å².